The summed E-state index contributed by atoms with van der Waals surface area (Å²) in [6.45, 7) is 2.59. The van der Waals surface area contributed by atoms with Crippen LogP contribution in [0.1, 0.15) is 24.8 Å². The van der Waals surface area contributed by atoms with Crippen LogP contribution in [0.4, 0.5) is 0 Å². The zero-order valence-corrected chi connectivity index (χ0v) is 11.8. The molecule has 106 valence electrons. The summed E-state index contributed by atoms with van der Waals surface area (Å²) in [5.41, 5.74) is 6.85. The van der Waals surface area contributed by atoms with Crippen molar-refractivity contribution in [1.29, 1.82) is 0 Å². The number of hydrogen-bond donors (Lipinski definition) is 2. The number of rotatable bonds is 6. The monoisotopic (exact) mass is 265 g/mol. The van der Waals surface area contributed by atoms with E-state index < -0.39 is 0 Å². The summed E-state index contributed by atoms with van der Waals surface area (Å²) in [5, 5.41) is 10.4. The lowest BCUT2D eigenvalue weighted by atomic mass is 9.90. The second kappa shape index (κ2) is 5.80. The predicted octanol–water partition coefficient (Wildman–Crippen LogP) is 1.76. The third-order valence-electron chi connectivity index (χ3n) is 4.11. The van der Waals surface area contributed by atoms with Gasteiger partial charge in [0.2, 0.25) is 0 Å². The third kappa shape index (κ3) is 2.85. The first kappa shape index (κ1) is 14.2. The lowest BCUT2D eigenvalue weighted by Crippen LogP contribution is -2.28. The second-order valence-corrected chi connectivity index (χ2v) is 5.32. The lowest BCUT2D eigenvalue weighted by molar-refractivity contribution is 0.118. The van der Waals surface area contributed by atoms with Gasteiger partial charge in [0.05, 0.1) is 20.3 Å². The van der Waals surface area contributed by atoms with Crippen LogP contribution in [-0.2, 0) is 0 Å². The van der Waals surface area contributed by atoms with E-state index in [1.807, 2.05) is 18.2 Å². The number of aliphatic hydroxyl groups is 1. The van der Waals surface area contributed by atoms with E-state index >= 15 is 0 Å². The maximum atomic E-state index is 10.4. The fraction of sp³-hybridized carbons (Fsp3) is 0.600. The standard InChI is InChI=1S/C15H23NO3/c1-9-6-11(9)15(17)12(8-16)10-4-5-13(18-2)14(7-10)19-3/h4-5,7,9,11-12,15,17H,6,8,16H2,1-3H3. The van der Waals surface area contributed by atoms with Gasteiger partial charge in [-0.3, -0.25) is 0 Å². The number of nitrogens with two attached hydrogens (primary N) is 1. The van der Waals surface area contributed by atoms with Gasteiger partial charge in [0, 0.05) is 12.5 Å². The van der Waals surface area contributed by atoms with E-state index in [0.29, 0.717) is 29.9 Å². The molecule has 0 bridgehead atoms. The molecule has 0 heterocycles. The Balaban J connectivity index is 2.22. The molecule has 2 rings (SSSR count). The summed E-state index contributed by atoms with van der Waals surface area (Å²) in [7, 11) is 3.22. The van der Waals surface area contributed by atoms with Gasteiger partial charge in [0.15, 0.2) is 11.5 Å². The summed E-state index contributed by atoms with van der Waals surface area (Å²) < 4.78 is 10.5. The Morgan fingerprint density at radius 3 is 2.42 bits per heavy atom. The highest BCUT2D eigenvalue weighted by molar-refractivity contribution is 5.44. The van der Waals surface area contributed by atoms with Crippen LogP contribution in [0.5, 0.6) is 11.5 Å². The van der Waals surface area contributed by atoms with E-state index in [0.717, 1.165) is 12.0 Å². The Bertz CT molecular complexity index is 435. The van der Waals surface area contributed by atoms with Gasteiger partial charge in [0.25, 0.3) is 0 Å². The van der Waals surface area contributed by atoms with Gasteiger partial charge in [-0.1, -0.05) is 13.0 Å². The molecule has 0 aliphatic heterocycles. The summed E-state index contributed by atoms with van der Waals surface area (Å²) in [6.07, 6.45) is 0.711. The number of methoxy groups -OCH3 is 2. The Morgan fingerprint density at radius 2 is 1.95 bits per heavy atom. The molecule has 0 amide bonds. The van der Waals surface area contributed by atoms with Gasteiger partial charge in [-0.25, -0.2) is 0 Å². The number of aliphatic hydroxyl groups excluding tert-OH is 1. The highest BCUT2D eigenvalue weighted by Crippen LogP contribution is 2.45. The topological polar surface area (TPSA) is 64.7 Å². The van der Waals surface area contributed by atoms with Crippen LogP contribution in [0.15, 0.2) is 18.2 Å². The van der Waals surface area contributed by atoms with Crippen molar-refractivity contribution in [3.63, 3.8) is 0 Å². The molecule has 4 nitrogen and oxygen atoms in total. The van der Waals surface area contributed by atoms with Crippen molar-refractivity contribution in [3.05, 3.63) is 23.8 Å². The number of benzene rings is 1. The Kier molecular flexibility index (Phi) is 4.32. The molecular weight excluding hydrogens is 242 g/mol. The van der Waals surface area contributed by atoms with Crippen LogP contribution in [0.25, 0.3) is 0 Å². The Labute approximate surface area is 114 Å². The van der Waals surface area contributed by atoms with Crippen molar-refractivity contribution >= 4 is 0 Å². The van der Waals surface area contributed by atoms with Crippen molar-refractivity contribution < 1.29 is 14.6 Å². The maximum absolute atomic E-state index is 10.4. The first-order valence-corrected chi connectivity index (χ1v) is 6.72. The molecule has 4 heteroatoms. The molecule has 4 unspecified atom stereocenters. The van der Waals surface area contributed by atoms with Crippen LogP contribution >= 0.6 is 0 Å². The minimum atomic E-state index is -0.377. The molecular formula is C15H23NO3. The van der Waals surface area contributed by atoms with E-state index in [-0.39, 0.29) is 12.0 Å². The van der Waals surface area contributed by atoms with E-state index in [1.165, 1.54) is 0 Å². The number of hydrogen-bond acceptors (Lipinski definition) is 4. The van der Waals surface area contributed by atoms with Gasteiger partial charge in [-0.15, -0.1) is 0 Å². The minimum absolute atomic E-state index is 0.0465. The molecule has 0 saturated heterocycles. The van der Waals surface area contributed by atoms with Gasteiger partial charge in [0.1, 0.15) is 0 Å². The zero-order valence-electron chi connectivity index (χ0n) is 11.8. The highest BCUT2D eigenvalue weighted by Gasteiger charge is 2.42. The Hall–Kier alpha value is -1.26. The second-order valence-electron chi connectivity index (χ2n) is 5.32. The normalized spacial score (nSPS) is 24.7. The molecule has 3 N–H and O–H groups in total. The van der Waals surface area contributed by atoms with Crippen LogP contribution in [0.2, 0.25) is 0 Å². The third-order valence-corrected chi connectivity index (χ3v) is 4.11. The van der Waals surface area contributed by atoms with Gasteiger partial charge in [-0.2, -0.15) is 0 Å². The van der Waals surface area contributed by atoms with Crippen molar-refractivity contribution in [1.82, 2.24) is 0 Å². The van der Waals surface area contributed by atoms with Crippen molar-refractivity contribution in [3.8, 4) is 11.5 Å². The van der Waals surface area contributed by atoms with E-state index in [1.54, 1.807) is 14.2 Å². The molecule has 1 aliphatic rings. The van der Waals surface area contributed by atoms with Crippen molar-refractivity contribution in [2.45, 2.75) is 25.4 Å². The first-order valence-electron chi connectivity index (χ1n) is 6.72. The smallest absolute Gasteiger partial charge is 0.160 e. The summed E-state index contributed by atoms with van der Waals surface area (Å²) in [5.74, 6) is 2.30. The van der Waals surface area contributed by atoms with Crippen LogP contribution in [0.3, 0.4) is 0 Å². The quantitative estimate of drug-likeness (QED) is 0.822. The van der Waals surface area contributed by atoms with E-state index in [4.69, 9.17) is 15.2 Å². The minimum Gasteiger partial charge on any atom is -0.493 e. The summed E-state index contributed by atoms with van der Waals surface area (Å²) in [6, 6.07) is 5.72. The molecule has 1 saturated carbocycles. The summed E-state index contributed by atoms with van der Waals surface area (Å²) >= 11 is 0. The van der Waals surface area contributed by atoms with E-state index in [9.17, 15) is 5.11 Å². The average Bonchev–Trinajstić information content (AvgIpc) is 3.16. The van der Waals surface area contributed by atoms with Crippen LogP contribution < -0.4 is 15.2 Å². The lowest BCUT2D eigenvalue weighted by Gasteiger charge is -2.23. The number of ether oxygens (including phenoxy) is 2. The Morgan fingerprint density at radius 1 is 1.32 bits per heavy atom. The SMILES string of the molecule is COc1ccc(C(CN)C(O)C2CC2C)cc1OC. The molecule has 1 aliphatic carbocycles. The summed E-state index contributed by atoms with van der Waals surface area (Å²) in [4.78, 5) is 0. The van der Waals surface area contributed by atoms with Crippen LogP contribution in [0, 0.1) is 11.8 Å². The van der Waals surface area contributed by atoms with Crippen LogP contribution in [-0.4, -0.2) is 32.0 Å². The highest BCUT2D eigenvalue weighted by atomic mass is 16.5. The van der Waals surface area contributed by atoms with E-state index in [2.05, 4.69) is 6.92 Å². The predicted molar refractivity (Wildman–Crippen MR) is 74.6 cm³/mol. The molecule has 1 aromatic carbocycles. The van der Waals surface area contributed by atoms with Gasteiger partial charge < -0.3 is 20.3 Å². The fourth-order valence-electron chi connectivity index (χ4n) is 2.68. The van der Waals surface area contributed by atoms with Gasteiger partial charge in [-0.05, 0) is 36.0 Å². The molecule has 1 aromatic rings. The van der Waals surface area contributed by atoms with Crippen molar-refractivity contribution in [2.24, 2.45) is 17.6 Å². The largest absolute Gasteiger partial charge is 0.493 e. The molecule has 0 radical (unpaired) electrons. The molecule has 4 atom stereocenters. The average molecular weight is 265 g/mol. The van der Waals surface area contributed by atoms with Crippen molar-refractivity contribution in [2.75, 3.05) is 20.8 Å². The fourth-order valence-corrected chi connectivity index (χ4v) is 2.68. The first-order chi connectivity index (χ1) is 9.12. The molecule has 0 spiro atoms. The zero-order chi connectivity index (χ0) is 14.0. The molecule has 19 heavy (non-hydrogen) atoms. The molecule has 0 aromatic heterocycles. The molecule has 1 fully saturated rings. The maximum Gasteiger partial charge on any atom is 0.160 e. The van der Waals surface area contributed by atoms with Gasteiger partial charge >= 0.3 is 0 Å².